The van der Waals surface area contributed by atoms with Crippen LogP contribution in [0.25, 0.3) is 0 Å². The first-order chi connectivity index (χ1) is 6.00. The van der Waals surface area contributed by atoms with Crippen molar-refractivity contribution in [1.82, 2.24) is 0 Å². The maximum atomic E-state index is 8.55. The van der Waals surface area contributed by atoms with E-state index in [2.05, 4.69) is 0 Å². The zero-order valence-corrected chi connectivity index (χ0v) is 18.3. The van der Waals surface area contributed by atoms with Gasteiger partial charge in [0.1, 0.15) is 0 Å². The van der Waals surface area contributed by atoms with Gasteiger partial charge in [0.2, 0.25) is 0 Å². The topological polar surface area (TPSA) is 259 Å². The molecule has 0 aliphatic rings. The van der Waals surface area contributed by atoms with Crippen LogP contribution in [0.15, 0.2) is 0 Å². The summed E-state index contributed by atoms with van der Waals surface area (Å²) in [6.07, 6.45) is 0. The van der Waals surface area contributed by atoms with Crippen molar-refractivity contribution >= 4 is 23.5 Å². The maximum absolute atomic E-state index is 8.55. The van der Waals surface area contributed by atoms with Gasteiger partial charge in [0.25, 0.3) is 0 Å². The second-order valence-corrected chi connectivity index (χ2v) is 4.02. The molecule has 0 amide bonds. The first kappa shape index (κ1) is 43.3. The van der Waals surface area contributed by atoms with E-state index in [0.717, 1.165) is 0 Å². The molecule has 0 atom stereocenters. The summed E-state index contributed by atoms with van der Waals surface area (Å²) in [5.74, 6) is 0. The minimum atomic E-state index is -5.39. The molecule has 0 bridgehead atoms. The Bertz CT molecular complexity index is 217. The Hall–Kier alpha value is 3.43. The van der Waals surface area contributed by atoms with Crippen molar-refractivity contribution in [2.24, 2.45) is 0 Å². The fraction of sp³-hybridized carbons (Fsp3) is 0. The van der Waals surface area contributed by atoms with Crippen molar-refractivity contribution in [3.63, 3.8) is 0 Å². The molecule has 0 spiro atoms. The first-order valence-corrected chi connectivity index (χ1v) is 6.57. The molecule has 0 N–H and O–H groups in total. The summed E-state index contributed by atoms with van der Waals surface area (Å²) in [6, 6.07) is 0. The average molecular weight is 437 g/mol. The van der Waals surface area contributed by atoms with E-state index < -0.39 is 23.5 Å². The molecule has 0 aromatic carbocycles. The van der Waals surface area contributed by atoms with E-state index in [-0.39, 0.29) is 94.7 Å². The van der Waals surface area contributed by atoms with Gasteiger partial charge in [0, 0.05) is 0 Å². The molecule has 0 heterocycles. The summed E-state index contributed by atoms with van der Waals surface area (Å²) in [4.78, 5) is 76.9. The summed E-state index contributed by atoms with van der Waals surface area (Å²) < 4.78 is 25.6. The van der Waals surface area contributed by atoms with Gasteiger partial charge in [0.05, 0.1) is 0 Å². The van der Waals surface area contributed by atoms with Crippen molar-refractivity contribution in [2.45, 2.75) is 0 Å². The predicted octanol–water partition coefficient (Wildman–Crippen LogP) is -14.5. The van der Waals surface area contributed by atoms with Crippen molar-refractivity contribution in [3.05, 3.63) is 0 Å². The molecule has 0 saturated carbocycles. The van der Waals surface area contributed by atoms with Crippen LogP contribution in [0.4, 0.5) is 0 Å². The largest absolute Gasteiger partial charge is 5.00 e. The van der Waals surface area contributed by atoms with Gasteiger partial charge in [0.15, 0.2) is 0 Å². The zero-order valence-electron chi connectivity index (χ0n) is 9.07. The predicted molar refractivity (Wildman–Crippen MR) is 22.8 cm³/mol. The fourth-order valence-corrected chi connectivity index (χ4v) is 0. The SMILES string of the molecule is O=P([O-])([O-])[O-].O=P([O-])([O-])[O-].O=P([O-])([O-])[O-].[Mn+2].[Na+].[Na+].[V+5]. The fourth-order valence-electron chi connectivity index (χ4n) is 0. The summed E-state index contributed by atoms with van der Waals surface area (Å²) in [5, 5.41) is 0. The molecule has 101 valence electrons. The van der Waals surface area contributed by atoms with Crippen LogP contribution in [0.2, 0.25) is 0 Å². The van der Waals surface area contributed by atoms with Crippen molar-refractivity contribution in [3.8, 4) is 0 Å². The summed E-state index contributed by atoms with van der Waals surface area (Å²) in [7, 11) is -16.2. The van der Waals surface area contributed by atoms with Crippen LogP contribution in [-0.4, -0.2) is 0 Å². The molecule has 0 fully saturated rings. The van der Waals surface area contributed by atoms with Gasteiger partial charge >= 0.3 is 94.7 Å². The van der Waals surface area contributed by atoms with E-state index in [1.54, 1.807) is 0 Å². The van der Waals surface area contributed by atoms with Gasteiger partial charge in [-0.05, 0) is 0 Å². The summed E-state index contributed by atoms with van der Waals surface area (Å²) in [6.45, 7) is 0. The number of rotatable bonds is 0. The molecule has 0 aliphatic carbocycles. The van der Waals surface area contributed by atoms with Crippen LogP contribution >= 0.6 is 23.5 Å². The molecule has 0 saturated heterocycles. The third-order valence-corrected chi connectivity index (χ3v) is 0. The van der Waals surface area contributed by atoms with E-state index in [4.69, 9.17) is 57.7 Å². The van der Waals surface area contributed by atoms with E-state index in [1.165, 1.54) is 0 Å². The monoisotopic (exact) mass is 437 g/mol. The smallest absolute Gasteiger partial charge is 0.822 e. The van der Waals surface area contributed by atoms with Gasteiger partial charge in [-0.25, -0.2) is 0 Å². The molecular weight excluding hydrogens is 437 g/mol. The summed E-state index contributed by atoms with van der Waals surface area (Å²) in [5.41, 5.74) is 0. The quantitative estimate of drug-likeness (QED) is 0.253. The molecule has 0 aliphatic heterocycles. The second-order valence-electron chi connectivity index (χ2n) is 1.34. The van der Waals surface area contributed by atoms with E-state index >= 15 is 0 Å². The minimum Gasteiger partial charge on any atom is -0.822 e. The molecule has 12 nitrogen and oxygen atoms in total. The third kappa shape index (κ3) is 687. The van der Waals surface area contributed by atoms with Crippen molar-refractivity contribution in [2.75, 3.05) is 0 Å². The summed E-state index contributed by atoms with van der Waals surface area (Å²) >= 11 is 0. The van der Waals surface area contributed by atoms with E-state index in [1.807, 2.05) is 0 Å². The zero-order chi connectivity index (χ0) is 13.5. The Morgan fingerprint density at radius 1 is 0.474 bits per heavy atom. The van der Waals surface area contributed by atoms with Crippen LogP contribution in [0.1, 0.15) is 0 Å². The van der Waals surface area contributed by atoms with Crippen LogP contribution in [0.3, 0.4) is 0 Å². The molecule has 1 radical (unpaired) electrons. The molecule has 19 heteroatoms. The van der Waals surface area contributed by atoms with E-state index in [9.17, 15) is 0 Å². The van der Waals surface area contributed by atoms with Crippen LogP contribution in [0, 0.1) is 0 Å². The van der Waals surface area contributed by atoms with Gasteiger partial charge in [-0.1, -0.05) is 0 Å². The van der Waals surface area contributed by atoms with Crippen LogP contribution < -0.4 is 103 Å². The Balaban J connectivity index is -0.0000000206. The van der Waals surface area contributed by atoms with Gasteiger partial charge in [-0.15, -0.1) is 0 Å². The molecular formula is MnNa2O12P3V. The number of hydrogen-bond donors (Lipinski definition) is 0. The van der Waals surface area contributed by atoms with Gasteiger partial charge < -0.3 is 57.7 Å². The third-order valence-electron chi connectivity index (χ3n) is 0. The van der Waals surface area contributed by atoms with Crippen molar-refractivity contribution in [1.29, 1.82) is 0 Å². The van der Waals surface area contributed by atoms with E-state index in [0.29, 0.717) is 0 Å². The Kier molecular flexibility index (Phi) is 44.4. The van der Waals surface area contributed by atoms with Crippen LogP contribution in [0.5, 0.6) is 0 Å². The second kappa shape index (κ2) is 19.5. The normalized spacial score (nSPS) is 9.32. The Labute approximate surface area is 174 Å². The average Bonchev–Trinajstić information content (AvgIpc) is 1.41. The maximum Gasteiger partial charge on any atom is 5.00 e. The molecule has 0 unspecified atom stereocenters. The molecule has 0 aromatic rings. The van der Waals surface area contributed by atoms with Gasteiger partial charge in [-0.2, -0.15) is 23.5 Å². The molecule has 0 rings (SSSR count). The number of phosphoric acid groups is 3. The van der Waals surface area contributed by atoms with Crippen LogP contribution in [-0.2, 0) is 49.3 Å². The molecule has 0 aromatic heterocycles. The Morgan fingerprint density at radius 2 is 0.474 bits per heavy atom. The number of hydrogen-bond acceptors (Lipinski definition) is 12. The minimum absolute atomic E-state index is 0. The standard InChI is InChI=1S/Mn.2Na.3H3O4P.V/c;;;3*1-5(2,3)4;/h;;;3*(H3,1,2,3,4);/q+2;2*+1;;;;+5/p-9. The van der Waals surface area contributed by atoms with Gasteiger partial charge in [-0.3, -0.25) is 0 Å². The molecule has 19 heavy (non-hydrogen) atoms. The van der Waals surface area contributed by atoms with Crippen molar-refractivity contribution < 1.29 is 152 Å². The first-order valence-electron chi connectivity index (χ1n) is 2.19. The Morgan fingerprint density at radius 3 is 0.474 bits per heavy atom.